The molecule has 0 fully saturated rings. The standard InChI is InChI=1S/C16H14FN3O2S2/c1-9-5-6-11(8-12(9)17)18-14(21)10(2)24-16-20-19-15(22-16)13-4-3-7-23-13/h3-8,10H,1-2H3,(H,18,21)/t10-/m0/s1. The molecule has 0 unspecified atom stereocenters. The van der Waals surface area contributed by atoms with Gasteiger partial charge in [-0.3, -0.25) is 4.79 Å². The van der Waals surface area contributed by atoms with Gasteiger partial charge in [-0.2, -0.15) is 0 Å². The Balaban J connectivity index is 1.62. The maximum atomic E-state index is 13.5. The highest BCUT2D eigenvalue weighted by Gasteiger charge is 2.19. The number of aromatic nitrogens is 2. The first-order valence-corrected chi connectivity index (χ1v) is 8.90. The number of benzene rings is 1. The summed E-state index contributed by atoms with van der Waals surface area (Å²) in [5, 5.41) is 12.4. The van der Waals surface area contributed by atoms with Gasteiger partial charge in [0.05, 0.1) is 10.1 Å². The number of carbonyl (C=O) groups excluding carboxylic acids is 1. The minimum Gasteiger partial charge on any atom is -0.410 e. The molecule has 2 aromatic heterocycles. The second-order valence-electron chi connectivity index (χ2n) is 5.06. The van der Waals surface area contributed by atoms with Crippen molar-refractivity contribution in [3.05, 3.63) is 47.1 Å². The summed E-state index contributed by atoms with van der Waals surface area (Å²) in [5.74, 6) is -0.189. The number of amides is 1. The minimum absolute atomic E-state index is 0.265. The number of halogens is 1. The van der Waals surface area contributed by atoms with Crippen LogP contribution in [0, 0.1) is 12.7 Å². The predicted octanol–water partition coefficient (Wildman–Crippen LogP) is 4.36. The molecule has 3 aromatic rings. The van der Waals surface area contributed by atoms with Crippen molar-refractivity contribution in [2.75, 3.05) is 5.32 Å². The van der Waals surface area contributed by atoms with Crippen LogP contribution in [-0.4, -0.2) is 21.4 Å². The molecular formula is C16H14FN3O2S2. The fourth-order valence-corrected chi connectivity index (χ4v) is 3.20. The third kappa shape index (κ3) is 3.82. The van der Waals surface area contributed by atoms with Crippen molar-refractivity contribution in [3.63, 3.8) is 0 Å². The smallest absolute Gasteiger partial charge is 0.277 e. The van der Waals surface area contributed by atoms with Crippen LogP contribution >= 0.6 is 23.1 Å². The molecule has 1 N–H and O–H groups in total. The van der Waals surface area contributed by atoms with E-state index in [1.165, 1.54) is 17.4 Å². The monoisotopic (exact) mass is 363 g/mol. The highest BCUT2D eigenvalue weighted by atomic mass is 32.2. The summed E-state index contributed by atoms with van der Waals surface area (Å²) < 4.78 is 19.1. The Hall–Kier alpha value is -2.19. The summed E-state index contributed by atoms with van der Waals surface area (Å²) in [6, 6.07) is 8.36. The van der Waals surface area contributed by atoms with Crippen LogP contribution in [0.5, 0.6) is 0 Å². The van der Waals surface area contributed by atoms with Crippen LogP contribution in [0.15, 0.2) is 45.4 Å². The van der Waals surface area contributed by atoms with Gasteiger partial charge in [0.25, 0.3) is 11.1 Å². The van der Waals surface area contributed by atoms with E-state index in [2.05, 4.69) is 15.5 Å². The van der Waals surface area contributed by atoms with Crippen LogP contribution in [0.1, 0.15) is 12.5 Å². The van der Waals surface area contributed by atoms with Crippen molar-refractivity contribution in [1.82, 2.24) is 10.2 Å². The van der Waals surface area contributed by atoms with Crippen LogP contribution in [0.4, 0.5) is 10.1 Å². The number of hydrogen-bond donors (Lipinski definition) is 1. The van der Waals surface area contributed by atoms with Crippen molar-refractivity contribution in [2.24, 2.45) is 0 Å². The Morgan fingerprint density at radius 2 is 2.21 bits per heavy atom. The number of thioether (sulfide) groups is 1. The van der Waals surface area contributed by atoms with E-state index in [0.717, 1.165) is 16.6 Å². The van der Waals surface area contributed by atoms with Gasteiger partial charge in [0.15, 0.2) is 0 Å². The lowest BCUT2D eigenvalue weighted by molar-refractivity contribution is -0.115. The molecule has 0 radical (unpaired) electrons. The SMILES string of the molecule is Cc1ccc(NC(=O)[C@H](C)Sc2nnc(-c3cccs3)o2)cc1F. The van der Waals surface area contributed by atoms with Crippen molar-refractivity contribution in [3.8, 4) is 10.8 Å². The van der Waals surface area contributed by atoms with E-state index in [1.807, 2.05) is 17.5 Å². The summed E-state index contributed by atoms with van der Waals surface area (Å²) in [6.07, 6.45) is 0. The zero-order chi connectivity index (χ0) is 17.1. The van der Waals surface area contributed by atoms with Gasteiger partial charge in [-0.25, -0.2) is 4.39 Å². The number of rotatable bonds is 5. The fourth-order valence-electron chi connectivity index (χ4n) is 1.88. The molecule has 124 valence electrons. The molecule has 0 spiro atoms. The summed E-state index contributed by atoms with van der Waals surface area (Å²) in [6.45, 7) is 3.39. The Kier molecular flexibility index (Phi) is 4.96. The lowest BCUT2D eigenvalue weighted by atomic mass is 10.2. The number of nitrogens with one attached hydrogen (secondary N) is 1. The van der Waals surface area contributed by atoms with Gasteiger partial charge >= 0.3 is 0 Å². The zero-order valence-electron chi connectivity index (χ0n) is 12.9. The molecule has 0 saturated carbocycles. The van der Waals surface area contributed by atoms with Crippen LogP contribution in [0.3, 0.4) is 0 Å². The van der Waals surface area contributed by atoms with Crippen molar-refractivity contribution >= 4 is 34.7 Å². The van der Waals surface area contributed by atoms with Crippen LogP contribution in [-0.2, 0) is 4.79 Å². The average Bonchev–Trinajstić information content (AvgIpc) is 3.21. The van der Waals surface area contributed by atoms with Gasteiger partial charge in [0.2, 0.25) is 5.91 Å². The molecule has 0 aliphatic rings. The highest BCUT2D eigenvalue weighted by Crippen LogP contribution is 2.28. The largest absolute Gasteiger partial charge is 0.410 e. The Bertz CT molecular complexity index is 849. The molecule has 1 atom stereocenters. The molecule has 0 bridgehead atoms. The first kappa shape index (κ1) is 16.7. The Labute approximate surface area is 146 Å². The maximum absolute atomic E-state index is 13.5. The predicted molar refractivity (Wildman–Crippen MR) is 92.7 cm³/mol. The van der Waals surface area contributed by atoms with E-state index >= 15 is 0 Å². The molecule has 24 heavy (non-hydrogen) atoms. The highest BCUT2D eigenvalue weighted by molar-refractivity contribution is 8.00. The summed E-state index contributed by atoms with van der Waals surface area (Å²) >= 11 is 2.65. The van der Waals surface area contributed by atoms with E-state index in [4.69, 9.17) is 4.42 Å². The first-order valence-electron chi connectivity index (χ1n) is 7.14. The second-order valence-corrected chi connectivity index (χ2v) is 7.30. The lowest BCUT2D eigenvalue weighted by Gasteiger charge is -2.10. The van der Waals surface area contributed by atoms with Crippen LogP contribution in [0.2, 0.25) is 0 Å². The first-order chi connectivity index (χ1) is 11.5. The van der Waals surface area contributed by atoms with E-state index < -0.39 is 5.25 Å². The Morgan fingerprint density at radius 3 is 2.92 bits per heavy atom. The number of nitrogens with zero attached hydrogens (tertiary/aromatic N) is 2. The quantitative estimate of drug-likeness (QED) is 0.682. The topological polar surface area (TPSA) is 68.0 Å². The minimum atomic E-state index is -0.467. The maximum Gasteiger partial charge on any atom is 0.277 e. The number of carbonyl (C=O) groups is 1. The third-order valence-electron chi connectivity index (χ3n) is 3.22. The van der Waals surface area contributed by atoms with Crippen molar-refractivity contribution < 1.29 is 13.6 Å². The van der Waals surface area contributed by atoms with Gasteiger partial charge in [0, 0.05) is 5.69 Å². The van der Waals surface area contributed by atoms with Gasteiger partial charge < -0.3 is 9.73 Å². The molecule has 3 rings (SSSR count). The van der Waals surface area contributed by atoms with Crippen LogP contribution < -0.4 is 5.32 Å². The van der Waals surface area contributed by atoms with Gasteiger partial charge in [-0.15, -0.1) is 21.5 Å². The molecule has 0 aliphatic heterocycles. The van der Waals surface area contributed by atoms with Gasteiger partial charge in [-0.1, -0.05) is 23.9 Å². The van der Waals surface area contributed by atoms with Gasteiger partial charge in [-0.05, 0) is 43.0 Å². The van der Waals surface area contributed by atoms with E-state index in [9.17, 15) is 9.18 Å². The number of thiophene rings is 1. The normalized spacial score (nSPS) is 12.1. The van der Waals surface area contributed by atoms with Gasteiger partial charge in [0.1, 0.15) is 5.82 Å². The second kappa shape index (κ2) is 7.14. The number of aryl methyl sites for hydroxylation is 1. The number of anilines is 1. The summed E-state index contributed by atoms with van der Waals surface area (Å²) in [5.41, 5.74) is 0.947. The average molecular weight is 363 g/mol. The molecule has 0 aliphatic carbocycles. The molecule has 1 amide bonds. The zero-order valence-corrected chi connectivity index (χ0v) is 14.6. The molecule has 1 aromatic carbocycles. The van der Waals surface area contributed by atoms with Crippen LogP contribution in [0.25, 0.3) is 10.8 Å². The van der Waals surface area contributed by atoms with E-state index in [-0.39, 0.29) is 11.7 Å². The molecule has 0 saturated heterocycles. The molecule has 8 heteroatoms. The van der Waals surface area contributed by atoms with Crippen molar-refractivity contribution in [1.29, 1.82) is 0 Å². The Morgan fingerprint density at radius 1 is 1.38 bits per heavy atom. The van der Waals surface area contributed by atoms with E-state index in [1.54, 1.807) is 26.0 Å². The number of hydrogen-bond acceptors (Lipinski definition) is 6. The molecule has 2 heterocycles. The third-order valence-corrected chi connectivity index (χ3v) is 5.02. The van der Waals surface area contributed by atoms with E-state index in [0.29, 0.717) is 22.4 Å². The summed E-state index contributed by atoms with van der Waals surface area (Å²) in [4.78, 5) is 13.1. The molecule has 5 nitrogen and oxygen atoms in total. The fraction of sp³-hybridized carbons (Fsp3) is 0.188. The van der Waals surface area contributed by atoms with Crippen molar-refractivity contribution in [2.45, 2.75) is 24.3 Å². The lowest BCUT2D eigenvalue weighted by Crippen LogP contribution is -2.22. The molecular weight excluding hydrogens is 349 g/mol. The summed E-state index contributed by atoms with van der Waals surface area (Å²) in [7, 11) is 0.